The Bertz CT molecular complexity index is 993. The number of benzene rings is 1. The summed E-state index contributed by atoms with van der Waals surface area (Å²) in [6.45, 7) is 10.1. The second-order valence-electron chi connectivity index (χ2n) is 8.86. The van der Waals surface area contributed by atoms with E-state index in [9.17, 15) is 9.90 Å². The molecule has 3 heterocycles. The van der Waals surface area contributed by atoms with E-state index in [0.717, 1.165) is 66.9 Å². The van der Waals surface area contributed by atoms with Crippen molar-refractivity contribution < 1.29 is 39.5 Å². The van der Waals surface area contributed by atoms with E-state index >= 15 is 0 Å². The number of aryl methyl sites for hydroxylation is 1. The maximum absolute atomic E-state index is 11.4. The molecule has 0 N–H and O–H groups in total. The Morgan fingerprint density at radius 3 is 2.55 bits per heavy atom. The maximum atomic E-state index is 11.4. The number of aliphatic carboxylic acids is 1. The number of fused-ring (bicyclic) bond motifs is 2. The fourth-order valence-electron chi connectivity index (χ4n) is 4.20. The summed E-state index contributed by atoms with van der Waals surface area (Å²) in [6, 6.07) is 8.11. The zero-order valence-corrected chi connectivity index (χ0v) is 21.6. The third-order valence-electron chi connectivity index (χ3n) is 6.04. The monoisotopic (exact) mass is 450 g/mol. The van der Waals surface area contributed by atoms with Crippen molar-refractivity contribution in [3.8, 4) is 0 Å². The molecule has 0 unspecified atom stereocenters. The molecule has 4 rings (SSSR count). The van der Waals surface area contributed by atoms with Crippen LogP contribution in [0.2, 0.25) is 5.02 Å². The Kier molecular flexibility index (Phi) is 7.59. The molecule has 160 valence electrons. The molecule has 0 amide bonds. The van der Waals surface area contributed by atoms with Gasteiger partial charge in [0.15, 0.2) is 5.84 Å². The molecule has 1 aromatic heterocycles. The Hall–Kier alpha value is -1.31. The van der Waals surface area contributed by atoms with Gasteiger partial charge in [-0.2, -0.15) is 0 Å². The summed E-state index contributed by atoms with van der Waals surface area (Å²) >= 11 is 6.25. The number of carboxylic acids is 1. The van der Waals surface area contributed by atoms with Crippen molar-refractivity contribution in [1.29, 1.82) is 0 Å². The number of hydrogen-bond donors (Lipinski definition) is 0. The first-order valence-corrected chi connectivity index (χ1v) is 10.9. The van der Waals surface area contributed by atoms with Gasteiger partial charge in [0.2, 0.25) is 0 Å². The summed E-state index contributed by atoms with van der Waals surface area (Å²) in [7, 11) is 0. The smallest absolute Gasteiger partial charge is 0.550 e. The number of nitrogens with zero attached hydrogens (tertiary/aromatic N) is 4. The summed E-state index contributed by atoms with van der Waals surface area (Å²) in [6.07, 6.45) is 3.18. The van der Waals surface area contributed by atoms with E-state index in [-0.39, 0.29) is 29.6 Å². The van der Waals surface area contributed by atoms with Crippen LogP contribution in [0.4, 0.5) is 5.69 Å². The van der Waals surface area contributed by atoms with E-state index in [2.05, 4.69) is 33.6 Å². The van der Waals surface area contributed by atoms with Crippen molar-refractivity contribution >= 4 is 29.1 Å². The average Bonchev–Trinajstić information content (AvgIpc) is 3.04. The molecule has 8 heteroatoms. The summed E-state index contributed by atoms with van der Waals surface area (Å²) in [5.74, 6) is -0.0205. The molecule has 1 aromatic carbocycles. The van der Waals surface area contributed by atoms with E-state index in [1.807, 2.05) is 18.2 Å². The van der Waals surface area contributed by atoms with Crippen molar-refractivity contribution in [2.24, 2.45) is 10.4 Å². The van der Waals surface area contributed by atoms with Crippen LogP contribution in [0.15, 0.2) is 35.5 Å². The van der Waals surface area contributed by atoms with E-state index in [4.69, 9.17) is 16.6 Å². The summed E-state index contributed by atoms with van der Waals surface area (Å²) < 4.78 is 2.27. The Balaban J connectivity index is 0.00000272. The molecule has 6 nitrogen and oxygen atoms in total. The molecule has 0 saturated carbocycles. The van der Waals surface area contributed by atoms with Crippen LogP contribution < -0.4 is 34.7 Å². The van der Waals surface area contributed by atoms with Gasteiger partial charge < -0.3 is 19.4 Å². The zero-order chi connectivity index (χ0) is 21.5. The molecule has 2 aromatic rings. The van der Waals surface area contributed by atoms with Crippen LogP contribution in [0.25, 0.3) is 0 Å². The number of hydrogen-bond acceptors (Lipinski definition) is 5. The van der Waals surface area contributed by atoms with Crippen LogP contribution >= 0.6 is 11.6 Å². The summed E-state index contributed by atoms with van der Waals surface area (Å²) in [4.78, 5) is 21.0. The van der Waals surface area contributed by atoms with Crippen molar-refractivity contribution in [2.45, 2.75) is 33.7 Å². The molecule has 0 aliphatic carbocycles. The minimum absolute atomic E-state index is 0. The number of aliphatic imine (C=N–C) groups is 1. The number of carbonyl (C=O) groups is 1. The minimum Gasteiger partial charge on any atom is -0.550 e. The van der Waals surface area contributed by atoms with Crippen molar-refractivity contribution in [2.75, 3.05) is 32.7 Å². The van der Waals surface area contributed by atoms with Gasteiger partial charge in [0.25, 0.3) is 0 Å². The second kappa shape index (κ2) is 9.67. The van der Waals surface area contributed by atoms with Gasteiger partial charge in [0, 0.05) is 61.9 Å². The third-order valence-corrected chi connectivity index (χ3v) is 6.28. The van der Waals surface area contributed by atoms with E-state index in [0.29, 0.717) is 6.54 Å². The van der Waals surface area contributed by atoms with Crippen LogP contribution in [0, 0.1) is 5.41 Å². The number of rotatable bonds is 4. The normalized spacial score (nSPS) is 16.6. The fraction of sp³-hybridized carbons (Fsp3) is 0.478. The molecule has 2 aliphatic rings. The Morgan fingerprint density at radius 2 is 1.90 bits per heavy atom. The van der Waals surface area contributed by atoms with Gasteiger partial charge in [0.05, 0.1) is 11.4 Å². The molecule has 0 spiro atoms. The van der Waals surface area contributed by atoms with E-state index in [1.54, 1.807) is 13.8 Å². The predicted molar refractivity (Wildman–Crippen MR) is 117 cm³/mol. The molecule has 31 heavy (non-hydrogen) atoms. The van der Waals surface area contributed by atoms with Gasteiger partial charge in [-0.25, -0.2) is 4.99 Å². The Morgan fingerprint density at radius 1 is 1.19 bits per heavy atom. The minimum atomic E-state index is -1.00. The van der Waals surface area contributed by atoms with E-state index in [1.165, 1.54) is 5.56 Å². The number of halogens is 1. The second-order valence-corrected chi connectivity index (χ2v) is 9.29. The topological polar surface area (TPSA) is 63.9 Å². The first-order chi connectivity index (χ1) is 14.3. The van der Waals surface area contributed by atoms with Gasteiger partial charge in [0.1, 0.15) is 0 Å². The fourth-order valence-corrected chi connectivity index (χ4v) is 4.40. The molecule has 0 radical (unpaired) electrons. The summed E-state index contributed by atoms with van der Waals surface area (Å²) in [5.41, 5.74) is 3.63. The van der Waals surface area contributed by atoms with Crippen LogP contribution in [0.5, 0.6) is 0 Å². The standard InChI is InChI=1S/C23H29ClN4O2.Na/c1-4-16-11-20-21(25-19-6-5-18(24)12-17(19)14-28(20)13-16)27-9-7-26(8-10-27)15-23(2,3)22(29)30;/h5-6,11-13H,4,7-10,14-15H2,1-3H3,(H,29,30);/q;+1/p-1. The van der Waals surface area contributed by atoms with E-state index < -0.39 is 11.4 Å². The average molecular weight is 451 g/mol. The molecule has 0 atom stereocenters. The van der Waals surface area contributed by atoms with Crippen molar-refractivity contribution in [3.05, 3.63) is 52.3 Å². The molecule has 2 aliphatic heterocycles. The summed E-state index contributed by atoms with van der Waals surface area (Å²) in [5, 5.41) is 12.1. The van der Waals surface area contributed by atoms with Gasteiger partial charge in [-0.3, -0.25) is 4.90 Å². The van der Waals surface area contributed by atoms with Crippen molar-refractivity contribution in [1.82, 2.24) is 14.4 Å². The Labute approximate surface area is 211 Å². The molecule has 0 bridgehead atoms. The number of carbonyl (C=O) groups excluding carboxylic acids is 1. The number of carboxylic acid groups (broad SMARTS) is 1. The first-order valence-electron chi connectivity index (χ1n) is 10.5. The number of piperazine rings is 1. The van der Waals surface area contributed by atoms with Crippen LogP contribution in [-0.4, -0.2) is 58.9 Å². The van der Waals surface area contributed by atoms with Crippen LogP contribution in [0.3, 0.4) is 0 Å². The van der Waals surface area contributed by atoms with Crippen LogP contribution in [0.1, 0.15) is 37.6 Å². The van der Waals surface area contributed by atoms with Crippen molar-refractivity contribution in [3.63, 3.8) is 0 Å². The molecular weight excluding hydrogens is 423 g/mol. The SMILES string of the molecule is CCc1cc2n(c1)Cc1cc(Cl)ccc1N=C2N1CCN(CC(C)(C)C(=O)[O-])CC1.[Na+]. The first kappa shape index (κ1) is 24.3. The maximum Gasteiger partial charge on any atom is 1.00 e. The van der Waals surface area contributed by atoms with Gasteiger partial charge in [-0.15, -0.1) is 0 Å². The largest absolute Gasteiger partial charge is 1.00 e. The number of amidine groups is 1. The molecule has 1 saturated heterocycles. The molecule has 1 fully saturated rings. The quantitative estimate of drug-likeness (QED) is 0.591. The van der Waals surface area contributed by atoms with Gasteiger partial charge >= 0.3 is 29.6 Å². The number of aromatic nitrogens is 1. The molecular formula is C23H28ClN4NaO2. The van der Waals surface area contributed by atoms with Crippen LogP contribution in [-0.2, 0) is 17.8 Å². The zero-order valence-electron chi connectivity index (χ0n) is 18.8. The predicted octanol–water partition coefficient (Wildman–Crippen LogP) is -0.458. The van der Waals surface area contributed by atoms with Gasteiger partial charge in [-0.1, -0.05) is 32.4 Å². The third kappa shape index (κ3) is 5.20. The van der Waals surface area contributed by atoms with Gasteiger partial charge in [-0.05, 0) is 41.8 Å².